The fourth-order valence-electron chi connectivity index (χ4n) is 3.61. The first-order valence-electron chi connectivity index (χ1n) is 11.5. The van der Waals surface area contributed by atoms with Gasteiger partial charge in [-0.2, -0.15) is 0 Å². The van der Waals surface area contributed by atoms with Gasteiger partial charge in [-0.25, -0.2) is 0 Å². The van der Waals surface area contributed by atoms with E-state index in [2.05, 4.69) is 29.7 Å². The molecule has 0 aliphatic carbocycles. The Morgan fingerprint density at radius 2 is 1.54 bits per heavy atom. The van der Waals surface area contributed by atoms with Crippen molar-refractivity contribution >= 4 is 5.91 Å². The van der Waals surface area contributed by atoms with E-state index in [9.17, 15) is 4.79 Å². The molecule has 1 rings (SSSR count). The molecule has 0 unspecified atom stereocenters. The Morgan fingerprint density at radius 1 is 0.923 bits per heavy atom. The van der Waals surface area contributed by atoms with Gasteiger partial charge in [0, 0.05) is 19.0 Å². The molecule has 0 bridgehead atoms. The van der Waals surface area contributed by atoms with Crippen molar-refractivity contribution in [1.82, 2.24) is 10.6 Å². The van der Waals surface area contributed by atoms with E-state index in [-0.39, 0.29) is 5.91 Å². The Labute approximate surface area is 162 Å². The number of allylic oxidation sites excluding steroid dienone is 2. The van der Waals surface area contributed by atoms with Crippen LogP contribution in [0.3, 0.4) is 0 Å². The third kappa shape index (κ3) is 14.4. The van der Waals surface area contributed by atoms with Crippen LogP contribution >= 0.6 is 0 Å². The lowest BCUT2D eigenvalue weighted by Gasteiger charge is -2.11. The molecule has 1 fully saturated rings. The lowest BCUT2D eigenvalue weighted by atomic mass is 10.1. The monoisotopic (exact) mass is 364 g/mol. The van der Waals surface area contributed by atoms with Crippen molar-refractivity contribution in [2.24, 2.45) is 0 Å². The normalized spacial score (nSPS) is 17.2. The lowest BCUT2D eigenvalue weighted by molar-refractivity contribution is -0.121. The van der Waals surface area contributed by atoms with E-state index < -0.39 is 0 Å². The second-order valence-corrected chi connectivity index (χ2v) is 7.93. The zero-order chi connectivity index (χ0) is 18.7. The molecular formula is C23H44N2O. The first-order chi connectivity index (χ1) is 12.8. The van der Waals surface area contributed by atoms with E-state index in [1.54, 1.807) is 0 Å². The molecule has 0 saturated carbocycles. The van der Waals surface area contributed by atoms with Crippen molar-refractivity contribution in [1.29, 1.82) is 0 Å². The summed E-state index contributed by atoms with van der Waals surface area (Å²) in [5.74, 6) is 0.233. The second-order valence-electron chi connectivity index (χ2n) is 7.93. The Balaban J connectivity index is 1.76. The molecule has 0 aromatic heterocycles. The Bertz CT molecular complexity index is 348. The molecule has 2 N–H and O–H groups in total. The Hall–Kier alpha value is -0.830. The highest BCUT2D eigenvalue weighted by atomic mass is 16.1. The molecule has 1 aliphatic rings. The average Bonchev–Trinajstić information content (AvgIpc) is 3.17. The van der Waals surface area contributed by atoms with E-state index in [0.717, 1.165) is 19.5 Å². The molecule has 3 nitrogen and oxygen atoms in total. The predicted octanol–water partition coefficient (Wildman–Crippen LogP) is 5.89. The van der Waals surface area contributed by atoms with Gasteiger partial charge in [0.1, 0.15) is 0 Å². The van der Waals surface area contributed by atoms with Crippen LogP contribution in [0.15, 0.2) is 12.2 Å². The summed E-state index contributed by atoms with van der Waals surface area (Å²) in [7, 11) is 0. The SMILES string of the molecule is CCCCCCCCC=CCCCCCCCC(=O)NC[C@H]1CCCN1. The predicted molar refractivity (Wildman–Crippen MR) is 113 cm³/mol. The molecule has 0 radical (unpaired) electrons. The fraction of sp³-hybridized carbons (Fsp3) is 0.870. The molecule has 1 aliphatic heterocycles. The van der Waals surface area contributed by atoms with Gasteiger partial charge in [0.15, 0.2) is 0 Å². The molecule has 3 heteroatoms. The van der Waals surface area contributed by atoms with Gasteiger partial charge < -0.3 is 10.6 Å². The molecule has 1 saturated heterocycles. The molecule has 152 valence electrons. The Kier molecular flexibility index (Phi) is 15.7. The highest BCUT2D eigenvalue weighted by molar-refractivity contribution is 5.75. The number of carbonyl (C=O) groups is 1. The zero-order valence-corrected chi connectivity index (χ0v) is 17.4. The number of nitrogens with one attached hydrogen (secondary N) is 2. The summed E-state index contributed by atoms with van der Waals surface area (Å²) in [6.45, 7) is 4.19. The molecule has 1 atom stereocenters. The van der Waals surface area contributed by atoms with Gasteiger partial charge in [-0.3, -0.25) is 4.79 Å². The first kappa shape index (κ1) is 23.2. The van der Waals surface area contributed by atoms with Crippen LogP contribution in [0, 0.1) is 0 Å². The molecule has 0 aromatic carbocycles. The highest BCUT2D eigenvalue weighted by Gasteiger charge is 2.14. The third-order valence-electron chi connectivity index (χ3n) is 5.37. The summed E-state index contributed by atoms with van der Waals surface area (Å²) in [6.07, 6.45) is 24.8. The van der Waals surface area contributed by atoms with Crippen LogP contribution in [0.5, 0.6) is 0 Å². The van der Waals surface area contributed by atoms with Gasteiger partial charge in [0.05, 0.1) is 0 Å². The van der Waals surface area contributed by atoms with Crippen molar-refractivity contribution in [3.05, 3.63) is 12.2 Å². The average molecular weight is 365 g/mol. The minimum absolute atomic E-state index is 0.233. The summed E-state index contributed by atoms with van der Waals surface area (Å²) >= 11 is 0. The minimum Gasteiger partial charge on any atom is -0.355 e. The lowest BCUT2D eigenvalue weighted by Crippen LogP contribution is -2.37. The number of rotatable bonds is 17. The number of hydrogen-bond acceptors (Lipinski definition) is 2. The summed E-state index contributed by atoms with van der Waals surface area (Å²) < 4.78 is 0. The number of amides is 1. The van der Waals surface area contributed by atoms with Crippen molar-refractivity contribution in [2.45, 2.75) is 116 Å². The maximum absolute atomic E-state index is 11.8. The van der Waals surface area contributed by atoms with Gasteiger partial charge in [-0.15, -0.1) is 0 Å². The van der Waals surface area contributed by atoms with Gasteiger partial charge >= 0.3 is 0 Å². The van der Waals surface area contributed by atoms with Crippen LogP contribution in [-0.4, -0.2) is 25.0 Å². The van der Waals surface area contributed by atoms with Crippen LogP contribution in [0.1, 0.15) is 110 Å². The smallest absolute Gasteiger partial charge is 0.220 e. The molecule has 0 spiro atoms. The van der Waals surface area contributed by atoms with Crippen molar-refractivity contribution < 1.29 is 4.79 Å². The summed E-state index contributed by atoms with van der Waals surface area (Å²) in [4.78, 5) is 11.8. The van der Waals surface area contributed by atoms with E-state index in [4.69, 9.17) is 0 Å². The van der Waals surface area contributed by atoms with Crippen molar-refractivity contribution in [3.8, 4) is 0 Å². The molecule has 26 heavy (non-hydrogen) atoms. The van der Waals surface area contributed by atoms with Gasteiger partial charge in [-0.1, -0.05) is 70.4 Å². The van der Waals surface area contributed by atoms with Gasteiger partial charge in [0.25, 0.3) is 0 Å². The maximum atomic E-state index is 11.8. The van der Waals surface area contributed by atoms with E-state index in [0.29, 0.717) is 12.5 Å². The minimum atomic E-state index is 0.233. The van der Waals surface area contributed by atoms with Crippen molar-refractivity contribution in [3.63, 3.8) is 0 Å². The van der Waals surface area contributed by atoms with Gasteiger partial charge in [0.2, 0.25) is 5.91 Å². The van der Waals surface area contributed by atoms with Gasteiger partial charge in [-0.05, 0) is 51.5 Å². The Morgan fingerprint density at radius 3 is 2.15 bits per heavy atom. The van der Waals surface area contributed by atoms with Crippen LogP contribution < -0.4 is 10.6 Å². The maximum Gasteiger partial charge on any atom is 0.220 e. The van der Waals surface area contributed by atoms with E-state index in [1.807, 2.05) is 0 Å². The van der Waals surface area contributed by atoms with E-state index in [1.165, 1.54) is 89.9 Å². The summed E-state index contributed by atoms with van der Waals surface area (Å²) in [5, 5.41) is 6.48. The molecular weight excluding hydrogens is 320 g/mol. The highest BCUT2D eigenvalue weighted by Crippen LogP contribution is 2.10. The largest absolute Gasteiger partial charge is 0.355 e. The molecule has 1 heterocycles. The quantitative estimate of drug-likeness (QED) is 0.249. The van der Waals surface area contributed by atoms with Crippen LogP contribution in [0.25, 0.3) is 0 Å². The second kappa shape index (κ2) is 17.6. The number of hydrogen-bond donors (Lipinski definition) is 2. The van der Waals surface area contributed by atoms with Crippen LogP contribution in [0.2, 0.25) is 0 Å². The summed E-state index contributed by atoms with van der Waals surface area (Å²) in [6, 6.07) is 0.507. The standard InChI is InChI=1S/C23H44N2O/c1-2-3-4-5-6-7-8-9-10-11-12-13-14-15-16-19-23(26)25-21-22-18-17-20-24-22/h9-10,22,24H,2-8,11-21H2,1H3,(H,25,26)/t22-/m1/s1. The topological polar surface area (TPSA) is 41.1 Å². The fourth-order valence-corrected chi connectivity index (χ4v) is 3.61. The third-order valence-corrected chi connectivity index (χ3v) is 5.37. The zero-order valence-electron chi connectivity index (χ0n) is 17.4. The van der Waals surface area contributed by atoms with Crippen molar-refractivity contribution in [2.75, 3.05) is 13.1 Å². The van der Waals surface area contributed by atoms with Crippen LogP contribution in [0.4, 0.5) is 0 Å². The van der Waals surface area contributed by atoms with E-state index >= 15 is 0 Å². The number of carbonyl (C=O) groups excluding carboxylic acids is 1. The summed E-state index contributed by atoms with van der Waals surface area (Å²) in [5.41, 5.74) is 0. The number of unbranched alkanes of at least 4 members (excludes halogenated alkanes) is 11. The van der Waals surface area contributed by atoms with Crippen LogP contribution in [-0.2, 0) is 4.79 Å². The first-order valence-corrected chi connectivity index (χ1v) is 11.5. The molecule has 1 amide bonds. The molecule has 0 aromatic rings.